The average Bonchev–Trinajstić information content (AvgIpc) is 3.12. The summed E-state index contributed by atoms with van der Waals surface area (Å²) < 4.78 is 5.51. The smallest absolute Gasteiger partial charge is 0.407 e. The van der Waals surface area contributed by atoms with Crippen molar-refractivity contribution in [2.24, 2.45) is 0 Å². The third kappa shape index (κ3) is 4.55. The highest BCUT2D eigenvalue weighted by Crippen LogP contribution is 2.44. The normalized spacial score (nSPS) is 12.4. The second kappa shape index (κ2) is 9.52. The molecule has 3 N–H and O–H groups in total. The standard InChI is InChI=1S/C25H24N4O4/c1-16-17(14-28-24(26)23(16)29(31)32)8-6-7-13-27-25(30)33-15-22-20-11-4-2-9-18(20)19-10-3-5-12-21(19)22/h2-6,8-12,14,22H,7,13,15H2,1H3,(H2,26,28)(H,27,30). The summed E-state index contributed by atoms with van der Waals surface area (Å²) in [7, 11) is 0. The Bertz CT molecular complexity index is 1190. The van der Waals surface area contributed by atoms with Crippen molar-refractivity contribution in [2.45, 2.75) is 19.3 Å². The van der Waals surface area contributed by atoms with E-state index in [0.717, 1.165) is 11.1 Å². The lowest BCUT2D eigenvalue weighted by atomic mass is 9.98. The van der Waals surface area contributed by atoms with Crippen LogP contribution in [0.2, 0.25) is 0 Å². The third-order valence-electron chi connectivity index (χ3n) is 5.78. The number of carbonyl (C=O) groups is 1. The van der Waals surface area contributed by atoms with E-state index in [1.165, 1.54) is 17.3 Å². The van der Waals surface area contributed by atoms with E-state index in [4.69, 9.17) is 10.5 Å². The van der Waals surface area contributed by atoms with Gasteiger partial charge in [0.05, 0.1) is 4.92 Å². The number of alkyl carbamates (subject to hydrolysis) is 1. The first kappa shape index (κ1) is 22.0. The van der Waals surface area contributed by atoms with Crippen LogP contribution in [0.5, 0.6) is 0 Å². The molecule has 4 rings (SSSR count). The van der Waals surface area contributed by atoms with Crippen LogP contribution >= 0.6 is 0 Å². The number of amides is 1. The highest BCUT2D eigenvalue weighted by molar-refractivity contribution is 5.79. The van der Waals surface area contributed by atoms with Gasteiger partial charge in [-0.1, -0.05) is 60.7 Å². The van der Waals surface area contributed by atoms with E-state index in [2.05, 4.69) is 34.6 Å². The summed E-state index contributed by atoms with van der Waals surface area (Å²) in [6.07, 6.45) is 5.09. The van der Waals surface area contributed by atoms with Crippen LogP contribution in [-0.4, -0.2) is 29.2 Å². The Hall–Kier alpha value is -4.20. The fraction of sp³-hybridized carbons (Fsp3) is 0.200. The van der Waals surface area contributed by atoms with Gasteiger partial charge < -0.3 is 15.8 Å². The molecular formula is C25H24N4O4. The molecule has 0 unspecified atom stereocenters. The van der Waals surface area contributed by atoms with Gasteiger partial charge in [-0.3, -0.25) is 10.1 Å². The minimum atomic E-state index is -0.534. The molecule has 0 aliphatic heterocycles. The van der Waals surface area contributed by atoms with E-state index in [0.29, 0.717) is 24.1 Å². The SMILES string of the molecule is Cc1c(C=CCCNC(=O)OCC2c3ccccc3-c3ccccc32)cnc(N)c1[N+](=O)[O-]. The number of rotatable bonds is 7. The molecule has 0 saturated carbocycles. The van der Waals surface area contributed by atoms with Crippen LogP contribution in [0.4, 0.5) is 16.3 Å². The predicted molar refractivity (Wildman–Crippen MR) is 127 cm³/mol. The number of nitrogen functional groups attached to an aromatic ring is 1. The summed E-state index contributed by atoms with van der Waals surface area (Å²) in [5.74, 6) is -0.0913. The quantitative estimate of drug-likeness (QED) is 0.306. The third-order valence-corrected chi connectivity index (χ3v) is 5.78. The summed E-state index contributed by atoms with van der Waals surface area (Å²) >= 11 is 0. The first-order valence-electron chi connectivity index (χ1n) is 10.6. The highest BCUT2D eigenvalue weighted by atomic mass is 16.6. The van der Waals surface area contributed by atoms with Gasteiger partial charge in [0.2, 0.25) is 5.82 Å². The molecular weight excluding hydrogens is 420 g/mol. The Balaban J connectivity index is 1.29. The summed E-state index contributed by atoms with van der Waals surface area (Å²) in [5.41, 5.74) is 11.2. The number of aromatic nitrogens is 1. The highest BCUT2D eigenvalue weighted by Gasteiger charge is 2.28. The van der Waals surface area contributed by atoms with Crippen LogP contribution in [0, 0.1) is 17.0 Å². The van der Waals surface area contributed by atoms with Gasteiger partial charge in [-0.15, -0.1) is 0 Å². The maximum Gasteiger partial charge on any atom is 0.407 e. The van der Waals surface area contributed by atoms with E-state index >= 15 is 0 Å². The zero-order valence-corrected chi connectivity index (χ0v) is 18.2. The monoisotopic (exact) mass is 444 g/mol. The van der Waals surface area contributed by atoms with Gasteiger partial charge in [0.15, 0.2) is 0 Å². The lowest BCUT2D eigenvalue weighted by Crippen LogP contribution is -2.26. The van der Waals surface area contributed by atoms with Gasteiger partial charge in [-0.05, 0) is 35.6 Å². The van der Waals surface area contributed by atoms with Crippen molar-refractivity contribution in [3.8, 4) is 11.1 Å². The molecule has 8 heteroatoms. The zero-order valence-electron chi connectivity index (χ0n) is 18.2. The molecule has 0 spiro atoms. The summed E-state index contributed by atoms with van der Waals surface area (Å²) in [6, 6.07) is 16.3. The maximum absolute atomic E-state index is 12.2. The van der Waals surface area contributed by atoms with E-state index in [1.54, 1.807) is 13.0 Å². The number of nitrogens with one attached hydrogen (secondary N) is 1. The number of carbonyl (C=O) groups excluding carboxylic acids is 1. The minimum Gasteiger partial charge on any atom is -0.449 e. The molecule has 1 amide bonds. The first-order valence-corrected chi connectivity index (χ1v) is 10.6. The average molecular weight is 444 g/mol. The molecule has 33 heavy (non-hydrogen) atoms. The van der Waals surface area contributed by atoms with Crippen molar-refractivity contribution in [3.05, 3.63) is 93.2 Å². The number of anilines is 1. The molecule has 0 atom stereocenters. The van der Waals surface area contributed by atoms with Crippen LogP contribution in [0.25, 0.3) is 17.2 Å². The molecule has 2 aromatic carbocycles. The summed E-state index contributed by atoms with van der Waals surface area (Å²) in [4.78, 5) is 26.7. The Morgan fingerprint density at radius 2 is 1.82 bits per heavy atom. The molecule has 0 fully saturated rings. The van der Waals surface area contributed by atoms with E-state index in [-0.39, 0.29) is 24.0 Å². The molecule has 1 heterocycles. The number of fused-ring (bicyclic) bond motifs is 3. The van der Waals surface area contributed by atoms with E-state index in [9.17, 15) is 14.9 Å². The number of benzene rings is 2. The van der Waals surface area contributed by atoms with Gasteiger partial charge in [0, 0.05) is 29.8 Å². The van der Waals surface area contributed by atoms with Gasteiger partial charge in [-0.25, -0.2) is 9.78 Å². The van der Waals surface area contributed by atoms with Crippen LogP contribution in [-0.2, 0) is 4.74 Å². The topological polar surface area (TPSA) is 120 Å². The fourth-order valence-electron chi connectivity index (χ4n) is 4.14. The first-order chi connectivity index (χ1) is 16.0. The molecule has 0 saturated heterocycles. The lowest BCUT2D eigenvalue weighted by molar-refractivity contribution is -0.384. The summed E-state index contributed by atoms with van der Waals surface area (Å²) in [5, 5.41) is 13.9. The van der Waals surface area contributed by atoms with Gasteiger partial charge in [0.25, 0.3) is 0 Å². The Morgan fingerprint density at radius 3 is 2.45 bits per heavy atom. The lowest BCUT2D eigenvalue weighted by Gasteiger charge is -2.14. The number of nitro groups is 1. The molecule has 3 aromatic rings. The predicted octanol–water partition coefficient (Wildman–Crippen LogP) is 4.82. The number of hydrogen-bond acceptors (Lipinski definition) is 6. The Labute approximate surface area is 191 Å². The fourth-order valence-corrected chi connectivity index (χ4v) is 4.14. The van der Waals surface area contributed by atoms with Crippen LogP contribution < -0.4 is 11.1 Å². The maximum atomic E-state index is 12.2. The largest absolute Gasteiger partial charge is 0.449 e. The van der Waals surface area contributed by atoms with E-state index < -0.39 is 11.0 Å². The second-order valence-corrected chi connectivity index (χ2v) is 7.77. The number of ether oxygens (including phenoxy) is 1. The van der Waals surface area contributed by atoms with Gasteiger partial charge in [-0.2, -0.15) is 0 Å². The van der Waals surface area contributed by atoms with Crippen molar-refractivity contribution in [2.75, 3.05) is 18.9 Å². The molecule has 1 aromatic heterocycles. The number of hydrogen-bond donors (Lipinski definition) is 2. The molecule has 8 nitrogen and oxygen atoms in total. The Morgan fingerprint density at radius 1 is 1.18 bits per heavy atom. The van der Waals surface area contributed by atoms with E-state index in [1.807, 2.05) is 30.3 Å². The van der Waals surface area contributed by atoms with Crippen LogP contribution in [0.3, 0.4) is 0 Å². The minimum absolute atomic E-state index is 0.0137. The van der Waals surface area contributed by atoms with Gasteiger partial charge in [0.1, 0.15) is 6.61 Å². The Kier molecular flexibility index (Phi) is 6.35. The zero-order chi connectivity index (χ0) is 23.4. The molecule has 0 radical (unpaired) electrons. The number of nitrogens with two attached hydrogens (primary N) is 1. The van der Waals surface area contributed by atoms with Crippen LogP contribution in [0.1, 0.15) is 34.6 Å². The molecule has 1 aliphatic rings. The van der Waals surface area contributed by atoms with Crippen molar-refractivity contribution < 1.29 is 14.5 Å². The number of nitrogens with zero attached hydrogens (tertiary/aromatic N) is 2. The van der Waals surface area contributed by atoms with Crippen LogP contribution in [0.15, 0.2) is 60.8 Å². The number of pyridine rings is 1. The van der Waals surface area contributed by atoms with Crippen molar-refractivity contribution in [1.82, 2.24) is 10.3 Å². The van der Waals surface area contributed by atoms with Crippen molar-refractivity contribution >= 4 is 23.7 Å². The molecule has 168 valence electrons. The molecule has 1 aliphatic carbocycles. The second-order valence-electron chi connectivity index (χ2n) is 7.77. The van der Waals surface area contributed by atoms with Gasteiger partial charge >= 0.3 is 11.8 Å². The summed E-state index contributed by atoms with van der Waals surface area (Å²) in [6.45, 7) is 2.26. The van der Waals surface area contributed by atoms with Crippen molar-refractivity contribution in [1.29, 1.82) is 0 Å². The molecule has 0 bridgehead atoms. The van der Waals surface area contributed by atoms with Crippen molar-refractivity contribution in [3.63, 3.8) is 0 Å².